The van der Waals surface area contributed by atoms with E-state index in [9.17, 15) is 4.79 Å². The second-order valence-electron chi connectivity index (χ2n) is 4.19. The predicted octanol–water partition coefficient (Wildman–Crippen LogP) is 0.901. The normalized spacial score (nSPS) is 22.4. The second kappa shape index (κ2) is 5.22. The highest BCUT2D eigenvalue weighted by molar-refractivity contribution is 5.78. The van der Waals surface area contributed by atoms with Gasteiger partial charge in [-0.25, -0.2) is 0 Å². The van der Waals surface area contributed by atoms with E-state index in [0.29, 0.717) is 12.5 Å². The fraction of sp³-hybridized carbons (Fsp3) is 0.900. The smallest absolute Gasteiger partial charge is 0.220 e. The van der Waals surface area contributed by atoms with Crippen LogP contribution in [0.3, 0.4) is 0 Å². The molecular weight excluding hydrogens is 164 g/mol. The van der Waals surface area contributed by atoms with E-state index >= 15 is 0 Å². The first kappa shape index (κ1) is 10.5. The number of rotatable bonds is 5. The second-order valence-corrected chi connectivity index (χ2v) is 4.19. The maximum Gasteiger partial charge on any atom is 0.220 e. The van der Waals surface area contributed by atoms with Crippen molar-refractivity contribution in [3.63, 3.8) is 0 Å². The van der Waals surface area contributed by atoms with Gasteiger partial charge in [0.1, 0.15) is 0 Å². The highest BCUT2D eigenvalue weighted by atomic mass is 16.1. The van der Waals surface area contributed by atoms with Crippen LogP contribution in [-0.2, 0) is 4.79 Å². The number of nitrogens with one attached hydrogen (secondary N) is 2. The summed E-state index contributed by atoms with van der Waals surface area (Å²) in [6, 6.07) is 0.375. The van der Waals surface area contributed by atoms with E-state index in [0.717, 1.165) is 25.4 Å². The minimum absolute atomic E-state index is 0.204. The van der Waals surface area contributed by atoms with Crippen molar-refractivity contribution < 1.29 is 4.79 Å². The molecule has 0 bridgehead atoms. The number of carbonyl (C=O) groups excluding carboxylic acids is 1. The summed E-state index contributed by atoms with van der Waals surface area (Å²) in [5.74, 6) is 0.960. The van der Waals surface area contributed by atoms with Crippen LogP contribution in [0.1, 0.15) is 33.1 Å². The van der Waals surface area contributed by atoms with Crippen LogP contribution in [0.15, 0.2) is 0 Å². The molecule has 0 spiro atoms. The van der Waals surface area contributed by atoms with Gasteiger partial charge >= 0.3 is 0 Å². The molecule has 0 saturated carbocycles. The minimum atomic E-state index is 0.204. The zero-order valence-electron chi connectivity index (χ0n) is 8.60. The van der Waals surface area contributed by atoms with Crippen molar-refractivity contribution in [1.29, 1.82) is 0 Å². The van der Waals surface area contributed by atoms with Crippen LogP contribution in [0.25, 0.3) is 0 Å². The van der Waals surface area contributed by atoms with Crippen molar-refractivity contribution in [2.45, 2.75) is 39.2 Å². The molecule has 1 aliphatic heterocycles. The number of hydrogen-bond donors (Lipinski definition) is 2. The summed E-state index contributed by atoms with van der Waals surface area (Å²) in [6.45, 7) is 6.43. The number of hydrogen-bond acceptors (Lipinski definition) is 2. The molecule has 76 valence electrons. The molecule has 1 fully saturated rings. The van der Waals surface area contributed by atoms with Gasteiger partial charge in [0.15, 0.2) is 0 Å². The Morgan fingerprint density at radius 1 is 1.62 bits per heavy atom. The first-order chi connectivity index (χ1) is 6.18. The van der Waals surface area contributed by atoms with Crippen LogP contribution < -0.4 is 10.6 Å². The maximum atomic E-state index is 10.9. The summed E-state index contributed by atoms with van der Waals surface area (Å²) in [5, 5.41) is 6.31. The Morgan fingerprint density at radius 2 is 2.38 bits per heavy atom. The molecule has 0 aliphatic carbocycles. The van der Waals surface area contributed by atoms with Crippen molar-refractivity contribution >= 4 is 5.91 Å². The number of carbonyl (C=O) groups is 1. The summed E-state index contributed by atoms with van der Waals surface area (Å²) in [6.07, 6.45) is 2.91. The number of amides is 1. The highest BCUT2D eigenvalue weighted by Crippen LogP contribution is 2.05. The van der Waals surface area contributed by atoms with Gasteiger partial charge in [0.25, 0.3) is 0 Å². The van der Waals surface area contributed by atoms with Gasteiger partial charge in [-0.15, -0.1) is 0 Å². The van der Waals surface area contributed by atoms with Crippen LogP contribution in [0.5, 0.6) is 0 Å². The van der Waals surface area contributed by atoms with E-state index in [2.05, 4.69) is 24.5 Å². The van der Waals surface area contributed by atoms with Gasteiger partial charge in [-0.05, 0) is 25.3 Å². The lowest BCUT2D eigenvalue weighted by Crippen LogP contribution is -2.36. The Hall–Kier alpha value is -0.570. The van der Waals surface area contributed by atoms with Crippen LogP contribution in [0, 0.1) is 5.92 Å². The van der Waals surface area contributed by atoms with Crippen molar-refractivity contribution in [1.82, 2.24) is 10.6 Å². The van der Waals surface area contributed by atoms with Gasteiger partial charge in [-0.3, -0.25) is 4.79 Å². The average molecular weight is 184 g/mol. The summed E-state index contributed by atoms with van der Waals surface area (Å²) < 4.78 is 0. The fourth-order valence-corrected chi connectivity index (χ4v) is 1.50. The van der Waals surface area contributed by atoms with Gasteiger partial charge in [0.2, 0.25) is 5.91 Å². The van der Waals surface area contributed by atoms with Gasteiger partial charge in [-0.1, -0.05) is 13.8 Å². The third-order valence-corrected chi connectivity index (χ3v) is 2.37. The Labute approximate surface area is 80.3 Å². The Balaban J connectivity index is 1.97. The Bertz CT molecular complexity index is 168. The zero-order valence-corrected chi connectivity index (χ0v) is 8.60. The highest BCUT2D eigenvalue weighted by Gasteiger charge is 2.19. The molecule has 0 aromatic heterocycles. The lowest BCUT2D eigenvalue weighted by atomic mass is 10.1. The van der Waals surface area contributed by atoms with E-state index in [4.69, 9.17) is 0 Å². The van der Waals surface area contributed by atoms with E-state index in [1.54, 1.807) is 0 Å². The Morgan fingerprint density at radius 3 is 2.92 bits per heavy atom. The van der Waals surface area contributed by atoms with Gasteiger partial charge in [0.05, 0.1) is 0 Å². The average Bonchev–Trinajstić information content (AvgIpc) is 2.45. The quantitative estimate of drug-likeness (QED) is 0.623. The first-order valence-corrected chi connectivity index (χ1v) is 5.18. The van der Waals surface area contributed by atoms with E-state index < -0.39 is 0 Å². The first-order valence-electron chi connectivity index (χ1n) is 5.18. The summed E-state index contributed by atoms with van der Waals surface area (Å²) in [4.78, 5) is 10.9. The van der Waals surface area contributed by atoms with Crippen molar-refractivity contribution in [2.24, 2.45) is 5.92 Å². The van der Waals surface area contributed by atoms with E-state index in [-0.39, 0.29) is 5.91 Å². The summed E-state index contributed by atoms with van der Waals surface area (Å²) in [7, 11) is 0. The molecule has 0 aromatic rings. The van der Waals surface area contributed by atoms with Crippen LogP contribution in [0.4, 0.5) is 0 Å². The standard InChI is InChI=1S/C10H20N2O/c1-8(2)5-6-11-7-9-3-4-10(13)12-9/h8-9,11H,3-7H2,1-2H3,(H,12,13)/t9-/m1/s1. The molecule has 0 unspecified atom stereocenters. The molecule has 1 amide bonds. The molecule has 1 rings (SSSR count). The monoisotopic (exact) mass is 184 g/mol. The lowest BCUT2D eigenvalue weighted by Gasteiger charge is -2.11. The molecule has 1 aliphatic rings. The third-order valence-electron chi connectivity index (χ3n) is 2.37. The Kier molecular flexibility index (Phi) is 4.22. The molecule has 0 radical (unpaired) electrons. The molecular formula is C10H20N2O. The minimum Gasteiger partial charge on any atom is -0.352 e. The SMILES string of the molecule is CC(C)CCNC[C@H]1CCC(=O)N1. The van der Waals surface area contributed by atoms with Gasteiger partial charge in [0, 0.05) is 19.0 Å². The van der Waals surface area contributed by atoms with Crippen molar-refractivity contribution in [3.8, 4) is 0 Å². The maximum absolute atomic E-state index is 10.9. The summed E-state index contributed by atoms with van der Waals surface area (Å²) >= 11 is 0. The molecule has 0 aromatic carbocycles. The van der Waals surface area contributed by atoms with Crippen molar-refractivity contribution in [2.75, 3.05) is 13.1 Å². The molecule has 3 heteroatoms. The predicted molar refractivity (Wildman–Crippen MR) is 53.5 cm³/mol. The van der Waals surface area contributed by atoms with Crippen LogP contribution >= 0.6 is 0 Å². The fourth-order valence-electron chi connectivity index (χ4n) is 1.50. The molecule has 13 heavy (non-hydrogen) atoms. The molecule has 1 saturated heterocycles. The molecule has 2 N–H and O–H groups in total. The third kappa shape index (κ3) is 4.27. The molecule has 1 heterocycles. The van der Waals surface area contributed by atoms with Gasteiger partial charge in [-0.2, -0.15) is 0 Å². The van der Waals surface area contributed by atoms with Crippen LogP contribution in [0.2, 0.25) is 0 Å². The molecule has 3 nitrogen and oxygen atoms in total. The largest absolute Gasteiger partial charge is 0.352 e. The van der Waals surface area contributed by atoms with E-state index in [1.165, 1.54) is 6.42 Å². The molecule has 1 atom stereocenters. The lowest BCUT2D eigenvalue weighted by molar-refractivity contribution is -0.119. The zero-order chi connectivity index (χ0) is 9.68. The topological polar surface area (TPSA) is 41.1 Å². The van der Waals surface area contributed by atoms with Gasteiger partial charge < -0.3 is 10.6 Å². The van der Waals surface area contributed by atoms with E-state index in [1.807, 2.05) is 0 Å². The van der Waals surface area contributed by atoms with Crippen LogP contribution in [-0.4, -0.2) is 25.0 Å². The van der Waals surface area contributed by atoms with Crippen molar-refractivity contribution in [3.05, 3.63) is 0 Å². The summed E-state index contributed by atoms with van der Waals surface area (Å²) in [5.41, 5.74) is 0.